The summed E-state index contributed by atoms with van der Waals surface area (Å²) in [6, 6.07) is 10.3. The molecule has 0 amide bonds. The molecule has 0 bridgehead atoms. The molecule has 11 nitrogen and oxygen atoms in total. The number of aryl methyl sites for hydroxylation is 1. The molecule has 1 aliphatic heterocycles. The summed E-state index contributed by atoms with van der Waals surface area (Å²) in [5, 5.41) is 14.0. The van der Waals surface area contributed by atoms with Crippen molar-refractivity contribution < 1.29 is 33.2 Å². The lowest BCUT2D eigenvalue weighted by Gasteiger charge is -2.33. The molecule has 218 valence electrons. The lowest BCUT2D eigenvalue weighted by atomic mass is 10.1. The van der Waals surface area contributed by atoms with Gasteiger partial charge in [0.15, 0.2) is 11.6 Å². The number of aliphatic hydroxyl groups excluding tert-OH is 1. The monoisotopic (exact) mass is 593 g/mol. The molecule has 0 radical (unpaired) electrons. The van der Waals surface area contributed by atoms with Crippen LogP contribution < -0.4 is 19.5 Å². The summed E-state index contributed by atoms with van der Waals surface area (Å²) in [5.41, 5.74) is 4.18. The zero-order chi connectivity index (χ0) is 29.2. The Hall–Kier alpha value is -4.17. The van der Waals surface area contributed by atoms with Gasteiger partial charge < -0.3 is 34.1 Å². The van der Waals surface area contributed by atoms with Gasteiger partial charge in [0, 0.05) is 36.8 Å². The van der Waals surface area contributed by atoms with Gasteiger partial charge in [-0.2, -0.15) is 0 Å². The van der Waals surface area contributed by atoms with Crippen LogP contribution in [0.3, 0.4) is 0 Å². The summed E-state index contributed by atoms with van der Waals surface area (Å²) >= 11 is 1.40. The van der Waals surface area contributed by atoms with Crippen LogP contribution in [0.4, 0.5) is 10.1 Å². The summed E-state index contributed by atoms with van der Waals surface area (Å²) in [4.78, 5) is 17.8. The second-order valence-corrected chi connectivity index (χ2v) is 10.7. The molecule has 3 aromatic heterocycles. The number of rotatable bonds is 9. The van der Waals surface area contributed by atoms with Gasteiger partial charge in [-0.3, -0.25) is 0 Å². The second-order valence-electron chi connectivity index (χ2n) is 9.64. The summed E-state index contributed by atoms with van der Waals surface area (Å²) in [6.45, 7) is 2.55. The summed E-state index contributed by atoms with van der Waals surface area (Å²) < 4.78 is 43.7. The lowest BCUT2D eigenvalue weighted by Crippen LogP contribution is -2.45. The molecule has 0 spiro atoms. The molecule has 13 heteroatoms. The average Bonchev–Trinajstić information content (AvgIpc) is 3.40. The number of thiazole rings is 1. The van der Waals surface area contributed by atoms with Crippen LogP contribution in [-0.2, 0) is 9.47 Å². The molecule has 3 atom stereocenters. The SMILES string of the molecule is COc1ccc(NC(O)O[C@H]2CCOC[C@H]2Oc2cc3sc(-c4cc(C)cc5nc(OC)cnc45)nc3cc2F)cn1. The Morgan fingerprint density at radius 3 is 2.67 bits per heavy atom. The summed E-state index contributed by atoms with van der Waals surface area (Å²) in [5.74, 6) is 0.345. The number of ether oxygens (including phenoxy) is 5. The maximum atomic E-state index is 15.3. The van der Waals surface area contributed by atoms with Crippen LogP contribution in [0.15, 0.2) is 48.8 Å². The normalized spacial score (nSPS) is 17.7. The summed E-state index contributed by atoms with van der Waals surface area (Å²) in [7, 11) is 3.06. The van der Waals surface area contributed by atoms with Crippen molar-refractivity contribution in [2.24, 2.45) is 0 Å². The molecule has 1 saturated heterocycles. The van der Waals surface area contributed by atoms with E-state index in [-0.39, 0.29) is 12.4 Å². The highest BCUT2D eigenvalue weighted by molar-refractivity contribution is 7.21. The number of fused-ring (bicyclic) bond motifs is 2. The van der Waals surface area contributed by atoms with Crippen molar-refractivity contribution >= 4 is 38.3 Å². The van der Waals surface area contributed by atoms with E-state index in [4.69, 9.17) is 28.7 Å². The molecule has 4 heterocycles. The zero-order valence-corrected chi connectivity index (χ0v) is 23.9. The van der Waals surface area contributed by atoms with Crippen molar-refractivity contribution in [2.75, 3.05) is 32.8 Å². The van der Waals surface area contributed by atoms with Crippen molar-refractivity contribution in [1.29, 1.82) is 0 Å². The fourth-order valence-corrected chi connectivity index (χ4v) is 5.69. The van der Waals surface area contributed by atoms with Gasteiger partial charge in [-0.25, -0.2) is 24.3 Å². The molecule has 42 heavy (non-hydrogen) atoms. The quantitative estimate of drug-likeness (QED) is 0.231. The molecule has 5 aromatic rings. The van der Waals surface area contributed by atoms with Crippen molar-refractivity contribution in [1.82, 2.24) is 19.9 Å². The van der Waals surface area contributed by atoms with Gasteiger partial charge in [0.2, 0.25) is 18.2 Å². The maximum absolute atomic E-state index is 15.3. The van der Waals surface area contributed by atoms with Crippen LogP contribution in [0.5, 0.6) is 17.5 Å². The third kappa shape index (κ3) is 5.90. The van der Waals surface area contributed by atoms with Gasteiger partial charge in [0.25, 0.3) is 0 Å². The molecule has 1 fully saturated rings. The largest absolute Gasteiger partial charge is 0.482 e. The molecular weight excluding hydrogens is 565 g/mol. The minimum absolute atomic E-state index is 0.0437. The van der Waals surface area contributed by atoms with E-state index in [1.807, 2.05) is 19.1 Å². The first-order valence-electron chi connectivity index (χ1n) is 13.2. The van der Waals surface area contributed by atoms with Gasteiger partial charge in [0.1, 0.15) is 17.2 Å². The topological polar surface area (TPSA) is 130 Å². The number of hydrogen-bond donors (Lipinski definition) is 2. The van der Waals surface area contributed by atoms with Crippen LogP contribution >= 0.6 is 11.3 Å². The first kappa shape index (κ1) is 28.0. The summed E-state index contributed by atoms with van der Waals surface area (Å²) in [6.07, 6.45) is 0.956. The van der Waals surface area contributed by atoms with Gasteiger partial charge in [0.05, 0.1) is 60.2 Å². The fourth-order valence-electron chi connectivity index (χ4n) is 4.69. The van der Waals surface area contributed by atoms with Gasteiger partial charge in [-0.05, 0) is 30.7 Å². The minimum atomic E-state index is -1.35. The highest BCUT2D eigenvalue weighted by Gasteiger charge is 2.31. The fraction of sp³-hybridized carbons (Fsp3) is 0.310. The third-order valence-corrected chi connectivity index (χ3v) is 7.76. The molecule has 0 aliphatic carbocycles. The number of nitrogens with one attached hydrogen (secondary N) is 1. The predicted molar refractivity (Wildman–Crippen MR) is 155 cm³/mol. The minimum Gasteiger partial charge on any atom is -0.482 e. The Kier molecular flexibility index (Phi) is 7.98. The standard InChI is InChI=1S/C29H28FN5O6S/c1-15-8-17(27-20(9-15)34-26(38-3)13-32-27)28-35-19-10-18(30)22(11-24(19)42-28)40-23-14-39-7-6-21(23)41-29(36)33-16-4-5-25(37-2)31-12-16/h4-5,8-13,21,23,29,33,36H,6-7,14H2,1-3H3/t21-,23+,29?/m0/s1. The molecular formula is C29H28FN5O6S. The van der Waals surface area contributed by atoms with Gasteiger partial charge >= 0.3 is 0 Å². The maximum Gasteiger partial charge on any atom is 0.235 e. The van der Waals surface area contributed by atoms with E-state index in [1.54, 1.807) is 31.5 Å². The Morgan fingerprint density at radius 1 is 1.02 bits per heavy atom. The van der Waals surface area contributed by atoms with E-state index in [0.717, 1.165) is 15.8 Å². The van der Waals surface area contributed by atoms with Crippen LogP contribution in [-0.4, -0.2) is 71.1 Å². The number of aromatic nitrogens is 4. The van der Waals surface area contributed by atoms with Crippen LogP contribution in [0.2, 0.25) is 0 Å². The number of hydrogen-bond acceptors (Lipinski definition) is 12. The lowest BCUT2D eigenvalue weighted by molar-refractivity contribution is -0.177. The zero-order valence-electron chi connectivity index (χ0n) is 23.0. The van der Waals surface area contributed by atoms with Gasteiger partial charge in [-0.1, -0.05) is 0 Å². The third-order valence-electron chi connectivity index (χ3n) is 6.71. The first-order valence-corrected chi connectivity index (χ1v) is 14.0. The Balaban J connectivity index is 1.22. The smallest absolute Gasteiger partial charge is 0.235 e. The van der Waals surface area contributed by atoms with E-state index in [9.17, 15) is 5.11 Å². The first-order chi connectivity index (χ1) is 20.4. The average molecular weight is 594 g/mol. The number of benzene rings is 2. The number of nitrogens with zero attached hydrogens (tertiary/aromatic N) is 4. The van der Waals surface area contributed by atoms with E-state index in [2.05, 4.69) is 20.3 Å². The number of halogens is 1. The van der Waals surface area contributed by atoms with Gasteiger partial charge in [-0.15, -0.1) is 11.3 Å². The van der Waals surface area contributed by atoms with Crippen LogP contribution in [0, 0.1) is 12.7 Å². The number of methoxy groups -OCH3 is 2. The Morgan fingerprint density at radius 2 is 1.88 bits per heavy atom. The second kappa shape index (κ2) is 12.0. The predicted octanol–water partition coefficient (Wildman–Crippen LogP) is 4.71. The number of pyridine rings is 1. The molecule has 6 rings (SSSR count). The number of aliphatic hydroxyl groups is 1. The van der Waals surface area contributed by atoms with Crippen LogP contribution in [0.25, 0.3) is 31.8 Å². The molecule has 0 saturated carbocycles. The number of anilines is 1. The van der Waals surface area contributed by atoms with Crippen molar-refractivity contribution in [3.05, 3.63) is 60.2 Å². The van der Waals surface area contributed by atoms with E-state index in [0.29, 0.717) is 52.0 Å². The molecule has 2 aromatic carbocycles. The Labute approximate surface area is 244 Å². The highest BCUT2D eigenvalue weighted by Crippen LogP contribution is 2.37. The van der Waals surface area contributed by atoms with Crippen LogP contribution in [0.1, 0.15) is 12.0 Å². The molecule has 1 aliphatic rings. The van der Waals surface area contributed by atoms with E-state index >= 15 is 4.39 Å². The van der Waals surface area contributed by atoms with E-state index < -0.39 is 24.4 Å². The van der Waals surface area contributed by atoms with Crippen molar-refractivity contribution in [3.63, 3.8) is 0 Å². The Bertz CT molecular complexity index is 1720. The molecule has 2 N–H and O–H groups in total. The van der Waals surface area contributed by atoms with E-state index in [1.165, 1.54) is 30.7 Å². The molecule has 1 unspecified atom stereocenters. The highest BCUT2D eigenvalue weighted by atomic mass is 32.1. The van der Waals surface area contributed by atoms with Crippen molar-refractivity contribution in [2.45, 2.75) is 32.0 Å². The van der Waals surface area contributed by atoms with Crippen molar-refractivity contribution in [3.8, 4) is 28.1 Å².